The molecular weight excluding hydrogens is 180 g/mol. The van der Waals surface area contributed by atoms with Crippen LogP contribution < -0.4 is 11.5 Å². The molecule has 78 valence electrons. The van der Waals surface area contributed by atoms with Gasteiger partial charge in [0.25, 0.3) is 0 Å². The third-order valence-electron chi connectivity index (χ3n) is 2.23. The topological polar surface area (TPSA) is 92.5 Å². The molecule has 0 atom stereocenters. The lowest BCUT2D eigenvalue weighted by Gasteiger charge is -2.12. The maximum atomic E-state index is 8.83. The van der Waals surface area contributed by atoms with Gasteiger partial charge < -0.3 is 21.7 Å². The summed E-state index contributed by atoms with van der Waals surface area (Å²) in [6.45, 7) is 0.0870. The van der Waals surface area contributed by atoms with Gasteiger partial charge in [-0.2, -0.15) is 0 Å². The number of nitrogen functional groups attached to an aromatic ring is 2. The highest BCUT2D eigenvalue weighted by Gasteiger charge is 2.07. The van der Waals surface area contributed by atoms with Crippen molar-refractivity contribution in [1.82, 2.24) is 0 Å². The second-order valence-electron chi connectivity index (χ2n) is 3.15. The monoisotopic (exact) mass is 196 g/mol. The Hall–Kier alpha value is -1.26. The zero-order valence-electron chi connectivity index (χ0n) is 8.03. The Morgan fingerprint density at radius 3 is 2.21 bits per heavy atom. The molecule has 0 aliphatic rings. The van der Waals surface area contributed by atoms with E-state index in [2.05, 4.69) is 0 Å². The van der Waals surface area contributed by atoms with Gasteiger partial charge >= 0.3 is 0 Å². The van der Waals surface area contributed by atoms with Gasteiger partial charge in [0.1, 0.15) is 0 Å². The molecule has 6 N–H and O–H groups in total. The van der Waals surface area contributed by atoms with E-state index in [0.717, 1.165) is 11.1 Å². The minimum Gasteiger partial charge on any atom is -0.398 e. The molecule has 14 heavy (non-hydrogen) atoms. The Bertz CT molecular complexity index is 313. The van der Waals surface area contributed by atoms with Gasteiger partial charge in [-0.25, -0.2) is 0 Å². The van der Waals surface area contributed by atoms with Crippen LogP contribution in [0.3, 0.4) is 0 Å². The van der Waals surface area contributed by atoms with Crippen LogP contribution in [0.25, 0.3) is 0 Å². The molecule has 0 bridgehead atoms. The average Bonchev–Trinajstić information content (AvgIpc) is 2.17. The summed E-state index contributed by atoms with van der Waals surface area (Å²) in [5.41, 5.74) is 14.4. The standard InChI is InChI=1S/C10H16N2O2/c11-9-2-1-7(3-5-13)10(12)8(9)4-6-14/h1-2,13-14H,3-6,11-12H2. The molecule has 4 nitrogen and oxygen atoms in total. The van der Waals surface area contributed by atoms with Crippen LogP contribution in [0.5, 0.6) is 0 Å². The Morgan fingerprint density at radius 2 is 1.64 bits per heavy atom. The van der Waals surface area contributed by atoms with Gasteiger partial charge in [0.05, 0.1) is 0 Å². The smallest absolute Gasteiger partial charge is 0.0473 e. The Balaban J connectivity index is 3.05. The molecule has 0 aromatic heterocycles. The summed E-state index contributed by atoms with van der Waals surface area (Å²) in [5, 5.41) is 17.6. The molecule has 0 aliphatic carbocycles. The van der Waals surface area contributed by atoms with Gasteiger partial charge in [0, 0.05) is 30.2 Å². The molecule has 0 spiro atoms. The summed E-state index contributed by atoms with van der Waals surface area (Å²) < 4.78 is 0. The van der Waals surface area contributed by atoms with Crippen molar-refractivity contribution in [2.75, 3.05) is 24.7 Å². The largest absolute Gasteiger partial charge is 0.398 e. The quantitative estimate of drug-likeness (QED) is 0.507. The Labute approximate surface area is 83.2 Å². The number of nitrogens with two attached hydrogens (primary N) is 2. The first-order chi connectivity index (χ1) is 6.70. The summed E-state index contributed by atoms with van der Waals surface area (Å²) in [6, 6.07) is 3.56. The van der Waals surface area contributed by atoms with Crippen LogP contribution in [-0.2, 0) is 12.8 Å². The number of benzene rings is 1. The first-order valence-electron chi connectivity index (χ1n) is 4.58. The molecule has 0 saturated heterocycles. The molecule has 1 aromatic rings. The highest BCUT2D eigenvalue weighted by atomic mass is 16.3. The fraction of sp³-hybridized carbons (Fsp3) is 0.400. The Morgan fingerprint density at radius 1 is 1.00 bits per heavy atom. The van der Waals surface area contributed by atoms with Crippen LogP contribution in [0.4, 0.5) is 11.4 Å². The molecule has 1 aromatic carbocycles. The summed E-state index contributed by atoms with van der Waals surface area (Å²) in [7, 11) is 0. The van der Waals surface area contributed by atoms with Crippen molar-refractivity contribution in [3.63, 3.8) is 0 Å². The van der Waals surface area contributed by atoms with E-state index < -0.39 is 0 Å². The second-order valence-corrected chi connectivity index (χ2v) is 3.15. The second kappa shape index (κ2) is 4.83. The van der Waals surface area contributed by atoms with Gasteiger partial charge in [-0.3, -0.25) is 0 Å². The third kappa shape index (κ3) is 2.16. The third-order valence-corrected chi connectivity index (χ3v) is 2.23. The van der Waals surface area contributed by atoms with E-state index in [-0.39, 0.29) is 13.2 Å². The molecule has 1 rings (SSSR count). The number of aliphatic hydroxyl groups excluding tert-OH is 2. The first kappa shape index (κ1) is 10.8. The number of anilines is 2. The molecule has 0 radical (unpaired) electrons. The van der Waals surface area contributed by atoms with Crippen LogP contribution in [-0.4, -0.2) is 23.4 Å². The van der Waals surface area contributed by atoms with Crippen LogP contribution in [0.2, 0.25) is 0 Å². The number of rotatable bonds is 4. The zero-order chi connectivity index (χ0) is 10.6. The number of aliphatic hydroxyl groups is 2. The predicted octanol–water partition coefficient (Wildman–Crippen LogP) is -0.0794. The van der Waals surface area contributed by atoms with Gasteiger partial charge in [-0.05, 0) is 24.5 Å². The highest BCUT2D eigenvalue weighted by molar-refractivity contribution is 5.65. The fourth-order valence-corrected chi connectivity index (χ4v) is 1.46. The summed E-state index contributed by atoms with van der Waals surface area (Å²) in [6.07, 6.45) is 0.974. The van der Waals surface area contributed by atoms with Crippen LogP contribution >= 0.6 is 0 Å². The summed E-state index contributed by atoms with van der Waals surface area (Å²) in [5.74, 6) is 0. The number of hydrogen-bond donors (Lipinski definition) is 4. The lowest BCUT2D eigenvalue weighted by Crippen LogP contribution is -2.06. The van der Waals surface area contributed by atoms with Crippen LogP contribution in [0.1, 0.15) is 11.1 Å². The maximum Gasteiger partial charge on any atom is 0.0473 e. The Kier molecular flexibility index (Phi) is 3.73. The van der Waals surface area contributed by atoms with Crippen LogP contribution in [0.15, 0.2) is 12.1 Å². The van der Waals surface area contributed by atoms with Crippen molar-refractivity contribution in [3.05, 3.63) is 23.3 Å². The first-order valence-corrected chi connectivity index (χ1v) is 4.58. The van der Waals surface area contributed by atoms with E-state index in [1.807, 2.05) is 6.07 Å². The van der Waals surface area contributed by atoms with Gasteiger partial charge in [0.15, 0.2) is 0 Å². The van der Waals surface area contributed by atoms with Crippen LogP contribution in [0, 0.1) is 0 Å². The van der Waals surface area contributed by atoms with Crippen molar-refractivity contribution >= 4 is 11.4 Å². The predicted molar refractivity (Wildman–Crippen MR) is 56.8 cm³/mol. The fourth-order valence-electron chi connectivity index (χ4n) is 1.46. The number of hydrogen-bond acceptors (Lipinski definition) is 4. The maximum absolute atomic E-state index is 8.83. The van der Waals surface area contributed by atoms with Crippen molar-refractivity contribution < 1.29 is 10.2 Å². The van der Waals surface area contributed by atoms with Gasteiger partial charge in [0.2, 0.25) is 0 Å². The van der Waals surface area contributed by atoms with E-state index in [1.165, 1.54) is 0 Å². The molecule has 0 aliphatic heterocycles. The lowest BCUT2D eigenvalue weighted by atomic mass is 10.0. The van der Waals surface area contributed by atoms with E-state index in [1.54, 1.807) is 6.07 Å². The van der Waals surface area contributed by atoms with Crippen molar-refractivity contribution in [1.29, 1.82) is 0 Å². The van der Waals surface area contributed by atoms with Crippen molar-refractivity contribution in [2.45, 2.75) is 12.8 Å². The minimum absolute atomic E-state index is 0.0248. The lowest BCUT2D eigenvalue weighted by molar-refractivity contribution is 0.298. The van der Waals surface area contributed by atoms with Gasteiger partial charge in [-0.1, -0.05) is 6.07 Å². The van der Waals surface area contributed by atoms with E-state index >= 15 is 0 Å². The molecule has 0 unspecified atom stereocenters. The zero-order valence-corrected chi connectivity index (χ0v) is 8.03. The molecule has 0 saturated carbocycles. The summed E-state index contributed by atoms with van der Waals surface area (Å²) in [4.78, 5) is 0. The van der Waals surface area contributed by atoms with E-state index in [0.29, 0.717) is 24.2 Å². The van der Waals surface area contributed by atoms with E-state index in [4.69, 9.17) is 21.7 Å². The SMILES string of the molecule is Nc1ccc(CCO)c(N)c1CCO. The van der Waals surface area contributed by atoms with E-state index in [9.17, 15) is 0 Å². The van der Waals surface area contributed by atoms with Crippen molar-refractivity contribution in [3.8, 4) is 0 Å². The normalized spacial score (nSPS) is 10.4. The summed E-state index contributed by atoms with van der Waals surface area (Å²) >= 11 is 0. The minimum atomic E-state index is 0.0248. The average molecular weight is 196 g/mol. The molecular formula is C10H16N2O2. The molecule has 0 amide bonds. The highest BCUT2D eigenvalue weighted by Crippen LogP contribution is 2.24. The molecule has 4 heteroatoms. The molecule has 0 fully saturated rings. The molecule has 0 heterocycles. The van der Waals surface area contributed by atoms with Gasteiger partial charge in [-0.15, -0.1) is 0 Å². The van der Waals surface area contributed by atoms with Crippen molar-refractivity contribution in [2.24, 2.45) is 0 Å².